The molecule has 1 unspecified atom stereocenters. The summed E-state index contributed by atoms with van der Waals surface area (Å²) < 4.78 is 26.2. The zero-order chi connectivity index (χ0) is 26.1. The number of hydrazine groups is 1. The van der Waals surface area contributed by atoms with Crippen LogP contribution in [0.3, 0.4) is 0 Å². The lowest BCUT2D eigenvalue weighted by molar-refractivity contribution is -0.123. The number of allylic oxidation sites excluding steroid dienone is 2. The molecule has 0 saturated carbocycles. The van der Waals surface area contributed by atoms with E-state index in [1.165, 1.54) is 0 Å². The van der Waals surface area contributed by atoms with Crippen LogP contribution in [0.25, 0.3) is 0 Å². The number of benzene rings is 1. The number of amidine groups is 1. The van der Waals surface area contributed by atoms with Crippen LogP contribution in [0.4, 0.5) is 4.39 Å². The average molecular weight is 502 g/mol. The topological polar surface area (TPSA) is 78.4 Å². The molecule has 2 aliphatic rings. The van der Waals surface area contributed by atoms with Gasteiger partial charge >= 0.3 is 0 Å². The van der Waals surface area contributed by atoms with E-state index in [2.05, 4.69) is 15.6 Å². The number of hydrogen-bond donors (Lipinski definition) is 2. The third kappa shape index (κ3) is 7.88. The summed E-state index contributed by atoms with van der Waals surface area (Å²) in [5, 5.41) is 4.64. The van der Waals surface area contributed by atoms with E-state index in [0.717, 1.165) is 50.4 Å². The highest BCUT2D eigenvalue weighted by atomic mass is 19.1. The number of methoxy groups -OCH3 is 1. The molecule has 0 aliphatic carbocycles. The van der Waals surface area contributed by atoms with Gasteiger partial charge in [-0.3, -0.25) is 15.1 Å². The van der Waals surface area contributed by atoms with Crippen molar-refractivity contribution in [2.24, 2.45) is 4.99 Å². The SMILES string of the molecule is COc1cccc(C2N=C(C(=C(C)C)/C(F)=C\CCCN3CCOCC3)NN2CC(=O)NC(C)C)c1. The standard InChI is InChI=1S/C27H40FN5O3/c1-19(2)25(23(28)11-6-7-12-32-13-15-36-16-14-32)26-30-27(21-9-8-10-22(17-21)35-5)33(31-26)18-24(34)29-20(3)4/h8-11,17,20,27H,6-7,12-16,18H2,1-5H3,(H,29,34)(H,30,31)/b23-11+. The lowest BCUT2D eigenvalue weighted by atomic mass is 10.1. The van der Waals surface area contributed by atoms with Crippen molar-refractivity contribution < 1.29 is 18.7 Å². The summed E-state index contributed by atoms with van der Waals surface area (Å²) >= 11 is 0. The van der Waals surface area contributed by atoms with Crippen LogP contribution in [0.5, 0.6) is 5.75 Å². The number of ether oxygens (including phenoxy) is 2. The summed E-state index contributed by atoms with van der Waals surface area (Å²) in [7, 11) is 1.61. The zero-order valence-electron chi connectivity index (χ0n) is 22.1. The van der Waals surface area contributed by atoms with Crippen molar-refractivity contribution in [2.75, 3.05) is 46.5 Å². The molecule has 1 aromatic rings. The molecule has 3 rings (SSSR count). The fourth-order valence-electron chi connectivity index (χ4n) is 4.30. The highest BCUT2D eigenvalue weighted by Crippen LogP contribution is 2.31. The van der Waals surface area contributed by atoms with Gasteiger partial charge in [0.1, 0.15) is 23.6 Å². The molecule has 0 radical (unpaired) electrons. The Morgan fingerprint density at radius 3 is 2.75 bits per heavy atom. The fraction of sp³-hybridized carbons (Fsp3) is 0.556. The number of nitrogens with one attached hydrogen (secondary N) is 2. The van der Waals surface area contributed by atoms with Gasteiger partial charge in [0, 0.05) is 19.1 Å². The number of morpholine rings is 1. The smallest absolute Gasteiger partial charge is 0.236 e. The van der Waals surface area contributed by atoms with Crippen LogP contribution in [0.2, 0.25) is 0 Å². The van der Waals surface area contributed by atoms with Crippen LogP contribution in [-0.2, 0) is 9.53 Å². The summed E-state index contributed by atoms with van der Waals surface area (Å²) in [6.45, 7) is 11.9. The Bertz CT molecular complexity index is 981. The molecule has 1 atom stereocenters. The summed E-state index contributed by atoms with van der Waals surface area (Å²) in [4.78, 5) is 19.8. The Morgan fingerprint density at radius 2 is 2.08 bits per heavy atom. The minimum Gasteiger partial charge on any atom is -0.497 e. The second-order valence-electron chi connectivity index (χ2n) is 9.61. The van der Waals surface area contributed by atoms with Crippen molar-refractivity contribution in [1.29, 1.82) is 0 Å². The van der Waals surface area contributed by atoms with Crippen LogP contribution in [-0.4, -0.2) is 74.2 Å². The molecule has 2 N–H and O–H groups in total. The van der Waals surface area contributed by atoms with E-state index in [-0.39, 0.29) is 24.3 Å². The van der Waals surface area contributed by atoms with E-state index in [0.29, 0.717) is 23.6 Å². The number of carbonyl (C=O) groups is 1. The van der Waals surface area contributed by atoms with Gasteiger partial charge in [-0.15, -0.1) is 0 Å². The van der Waals surface area contributed by atoms with Gasteiger partial charge in [0.25, 0.3) is 0 Å². The molecular weight excluding hydrogens is 461 g/mol. The predicted molar refractivity (Wildman–Crippen MR) is 140 cm³/mol. The van der Waals surface area contributed by atoms with E-state index in [1.54, 1.807) is 18.2 Å². The number of aliphatic imine (C=N–C) groups is 1. The highest BCUT2D eigenvalue weighted by molar-refractivity contribution is 6.03. The van der Waals surface area contributed by atoms with E-state index in [9.17, 15) is 4.79 Å². The van der Waals surface area contributed by atoms with Crippen LogP contribution in [0.15, 0.2) is 52.3 Å². The number of hydrogen-bond acceptors (Lipinski definition) is 7. The second kappa shape index (κ2) is 13.5. The predicted octanol–water partition coefficient (Wildman–Crippen LogP) is 3.74. The van der Waals surface area contributed by atoms with Crippen molar-refractivity contribution in [1.82, 2.24) is 20.7 Å². The van der Waals surface area contributed by atoms with Crippen LogP contribution in [0.1, 0.15) is 52.3 Å². The van der Waals surface area contributed by atoms with Gasteiger partial charge in [-0.05, 0) is 70.9 Å². The first kappa shape index (κ1) is 27.8. The number of rotatable bonds is 11. The molecule has 8 nitrogen and oxygen atoms in total. The molecule has 36 heavy (non-hydrogen) atoms. The van der Waals surface area contributed by atoms with Crippen molar-refractivity contribution in [2.45, 2.75) is 52.7 Å². The lowest BCUT2D eigenvalue weighted by Crippen LogP contribution is -2.46. The van der Waals surface area contributed by atoms with Crippen molar-refractivity contribution in [3.8, 4) is 5.75 Å². The van der Waals surface area contributed by atoms with Gasteiger partial charge in [0.05, 0.1) is 32.4 Å². The molecule has 198 valence electrons. The van der Waals surface area contributed by atoms with Crippen molar-refractivity contribution in [3.05, 3.63) is 52.9 Å². The van der Waals surface area contributed by atoms with Gasteiger partial charge in [0.15, 0.2) is 0 Å². The Kier molecular flexibility index (Phi) is 10.5. The maximum absolute atomic E-state index is 15.5. The molecular formula is C27H40FN5O3. The highest BCUT2D eigenvalue weighted by Gasteiger charge is 2.32. The summed E-state index contributed by atoms with van der Waals surface area (Å²) in [6.07, 6.45) is 2.64. The van der Waals surface area contributed by atoms with Crippen molar-refractivity contribution >= 4 is 11.7 Å². The largest absolute Gasteiger partial charge is 0.497 e. The van der Waals surface area contributed by atoms with Gasteiger partial charge in [-0.1, -0.05) is 17.7 Å². The maximum atomic E-state index is 15.5. The Labute approximate surface area is 214 Å². The molecule has 1 amide bonds. The first-order chi connectivity index (χ1) is 17.3. The molecule has 0 aromatic heterocycles. The Morgan fingerprint density at radius 1 is 1.33 bits per heavy atom. The van der Waals surface area contributed by atoms with Crippen LogP contribution >= 0.6 is 0 Å². The number of unbranched alkanes of at least 4 members (excludes halogenated alkanes) is 1. The minimum atomic E-state index is -0.503. The van der Waals surface area contributed by atoms with Crippen LogP contribution in [0, 0.1) is 0 Å². The fourth-order valence-corrected chi connectivity index (χ4v) is 4.30. The monoisotopic (exact) mass is 501 g/mol. The maximum Gasteiger partial charge on any atom is 0.236 e. The molecule has 1 aromatic carbocycles. The number of carbonyl (C=O) groups excluding carboxylic acids is 1. The first-order valence-corrected chi connectivity index (χ1v) is 12.7. The van der Waals surface area contributed by atoms with E-state index in [4.69, 9.17) is 14.5 Å². The summed E-state index contributed by atoms with van der Waals surface area (Å²) in [6, 6.07) is 7.56. The molecule has 0 bridgehead atoms. The Balaban J connectivity index is 1.78. The number of nitrogens with zero attached hydrogens (tertiary/aromatic N) is 3. The second-order valence-corrected chi connectivity index (χ2v) is 9.61. The van der Waals surface area contributed by atoms with E-state index >= 15 is 4.39 Å². The minimum absolute atomic E-state index is 0.0157. The normalized spacial score (nSPS) is 19.1. The van der Waals surface area contributed by atoms with Crippen molar-refractivity contribution in [3.63, 3.8) is 0 Å². The summed E-state index contributed by atoms with van der Waals surface area (Å²) in [5.41, 5.74) is 5.29. The van der Waals surface area contributed by atoms with Crippen LogP contribution < -0.4 is 15.5 Å². The van der Waals surface area contributed by atoms with E-state index in [1.807, 2.05) is 52.0 Å². The third-order valence-corrected chi connectivity index (χ3v) is 6.03. The molecule has 2 heterocycles. The first-order valence-electron chi connectivity index (χ1n) is 12.7. The quantitative estimate of drug-likeness (QED) is 0.355. The lowest BCUT2D eigenvalue weighted by Gasteiger charge is -2.26. The number of halogens is 1. The Hall–Kier alpha value is -2.75. The van der Waals surface area contributed by atoms with E-state index < -0.39 is 6.17 Å². The average Bonchev–Trinajstić information content (AvgIpc) is 3.24. The van der Waals surface area contributed by atoms with Gasteiger partial charge in [0.2, 0.25) is 5.91 Å². The zero-order valence-corrected chi connectivity index (χ0v) is 22.1. The van der Waals surface area contributed by atoms with Gasteiger partial charge in [-0.25, -0.2) is 9.38 Å². The molecule has 1 fully saturated rings. The molecule has 0 spiro atoms. The molecule has 2 aliphatic heterocycles. The molecule has 1 saturated heterocycles. The third-order valence-electron chi connectivity index (χ3n) is 6.03. The number of amides is 1. The van der Waals surface area contributed by atoms with Gasteiger partial charge < -0.3 is 14.8 Å². The molecule has 9 heteroatoms. The summed E-state index contributed by atoms with van der Waals surface area (Å²) in [5.74, 6) is 0.666. The van der Waals surface area contributed by atoms with Gasteiger partial charge in [-0.2, -0.15) is 5.01 Å².